The average molecular weight is 497 g/mol. The van der Waals surface area contributed by atoms with Crippen LogP contribution in [-0.4, -0.2) is 63.4 Å². The summed E-state index contributed by atoms with van der Waals surface area (Å²) < 4.78 is 40.3. The van der Waals surface area contributed by atoms with Crippen molar-refractivity contribution in [2.45, 2.75) is 11.4 Å². The molecule has 0 unspecified atom stereocenters. The molecule has 1 fully saturated rings. The number of sulfonamides is 1. The maximum Gasteiger partial charge on any atom is 0.261 e. The molecule has 0 bridgehead atoms. The highest BCUT2D eigenvalue weighted by molar-refractivity contribution is 7.92. The number of carbonyl (C=O) groups is 1. The molecule has 0 aliphatic carbocycles. The molecule has 1 saturated heterocycles. The van der Waals surface area contributed by atoms with Gasteiger partial charge in [-0.1, -0.05) is 30.3 Å². The molecule has 0 aromatic heterocycles. The molecule has 35 heavy (non-hydrogen) atoms. The molecular formula is C26H29FN4O3S. The van der Waals surface area contributed by atoms with Gasteiger partial charge in [-0.05, 0) is 54.1 Å². The Bertz CT molecular complexity index is 1210. The molecule has 1 amide bonds. The molecule has 1 aliphatic rings. The van der Waals surface area contributed by atoms with Crippen LogP contribution in [0.2, 0.25) is 0 Å². The molecule has 2 N–H and O–H groups in total. The van der Waals surface area contributed by atoms with Gasteiger partial charge in [-0.2, -0.15) is 0 Å². The van der Waals surface area contributed by atoms with Crippen molar-refractivity contribution in [3.8, 4) is 0 Å². The van der Waals surface area contributed by atoms with Gasteiger partial charge in [0, 0.05) is 57.1 Å². The predicted molar refractivity (Wildman–Crippen MR) is 134 cm³/mol. The van der Waals surface area contributed by atoms with E-state index in [0.29, 0.717) is 17.8 Å². The third-order valence-corrected chi connectivity index (χ3v) is 7.35. The van der Waals surface area contributed by atoms with Crippen molar-refractivity contribution in [2.24, 2.45) is 0 Å². The predicted octanol–water partition coefficient (Wildman–Crippen LogP) is 3.17. The topological polar surface area (TPSA) is 81.8 Å². The van der Waals surface area contributed by atoms with E-state index in [4.69, 9.17) is 0 Å². The van der Waals surface area contributed by atoms with Gasteiger partial charge < -0.3 is 5.32 Å². The number of piperazine rings is 1. The molecule has 0 saturated carbocycles. The molecule has 1 aliphatic heterocycles. The van der Waals surface area contributed by atoms with Crippen molar-refractivity contribution in [1.82, 2.24) is 15.1 Å². The standard InChI is InChI=1S/C26H29FN4O3S/c27-23-8-12-25(13-9-23)35(33,34)29-24-10-6-22(7-11-24)26(32)28-14-15-30-16-18-31(19-17-30)20-21-4-2-1-3-5-21/h1-13,29H,14-20H2,(H,28,32). The molecule has 184 valence electrons. The third kappa shape index (κ3) is 7.11. The van der Waals surface area contributed by atoms with Crippen molar-refractivity contribution in [1.29, 1.82) is 0 Å². The van der Waals surface area contributed by atoms with Crippen LogP contribution in [-0.2, 0) is 16.6 Å². The number of amides is 1. The SMILES string of the molecule is O=C(NCCN1CCN(Cc2ccccc2)CC1)c1ccc(NS(=O)(=O)c2ccc(F)cc2)cc1. The summed E-state index contributed by atoms with van der Waals surface area (Å²) in [7, 11) is -3.84. The number of anilines is 1. The molecule has 0 atom stereocenters. The Morgan fingerprint density at radius 1 is 0.829 bits per heavy atom. The van der Waals surface area contributed by atoms with Gasteiger partial charge in [0.25, 0.3) is 15.9 Å². The Labute approximate surface area is 205 Å². The first-order valence-corrected chi connectivity index (χ1v) is 13.0. The zero-order valence-corrected chi connectivity index (χ0v) is 20.2. The van der Waals surface area contributed by atoms with E-state index >= 15 is 0 Å². The van der Waals surface area contributed by atoms with Gasteiger partial charge >= 0.3 is 0 Å². The van der Waals surface area contributed by atoms with Gasteiger partial charge in [-0.25, -0.2) is 12.8 Å². The Hall–Kier alpha value is -3.27. The molecule has 3 aromatic carbocycles. The number of carbonyl (C=O) groups excluding carboxylic acids is 1. The number of rotatable bonds is 9. The quantitative estimate of drug-likeness (QED) is 0.476. The summed E-state index contributed by atoms with van der Waals surface area (Å²) in [5, 5.41) is 2.93. The highest BCUT2D eigenvalue weighted by Crippen LogP contribution is 2.17. The minimum absolute atomic E-state index is 0.0402. The largest absolute Gasteiger partial charge is 0.351 e. The lowest BCUT2D eigenvalue weighted by molar-refractivity contribution is 0.0934. The van der Waals surface area contributed by atoms with Crippen LogP contribution < -0.4 is 10.0 Å². The van der Waals surface area contributed by atoms with E-state index in [1.165, 1.54) is 29.8 Å². The number of hydrogen-bond donors (Lipinski definition) is 2. The summed E-state index contributed by atoms with van der Waals surface area (Å²) in [6.07, 6.45) is 0. The van der Waals surface area contributed by atoms with Crippen LogP contribution in [0.1, 0.15) is 15.9 Å². The van der Waals surface area contributed by atoms with E-state index in [0.717, 1.165) is 51.4 Å². The van der Waals surface area contributed by atoms with Crippen LogP contribution in [0.3, 0.4) is 0 Å². The summed E-state index contributed by atoms with van der Waals surface area (Å²) in [5.41, 5.74) is 2.09. The third-order valence-electron chi connectivity index (χ3n) is 5.95. The van der Waals surface area contributed by atoms with Gasteiger partial charge in [0.05, 0.1) is 4.90 Å². The average Bonchev–Trinajstić information content (AvgIpc) is 2.86. The highest BCUT2D eigenvalue weighted by Gasteiger charge is 2.17. The van der Waals surface area contributed by atoms with Crippen molar-refractivity contribution in [3.63, 3.8) is 0 Å². The lowest BCUT2D eigenvalue weighted by Crippen LogP contribution is -2.48. The van der Waals surface area contributed by atoms with Crippen LogP contribution in [0.4, 0.5) is 10.1 Å². The lowest BCUT2D eigenvalue weighted by Gasteiger charge is -2.34. The Balaban J connectivity index is 1.19. The van der Waals surface area contributed by atoms with Gasteiger partial charge in [0.2, 0.25) is 0 Å². The normalized spacial score (nSPS) is 15.0. The van der Waals surface area contributed by atoms with Crippen molar-refractivity contribution in [3.05, 3.63) is 95.8 Å². The summed E-state index contributed by atoms with van der Waals surface area (Å²) in [5.74, 6) is -0.717. The maximum absolute atomic E-state index is 13.0. The van der Waals surface area contributed by atoms with Gasteiger partial charge in [0.15, 0.2) is 0 Å². The number of hydrogen-bond acceptors (Lipinski definition) is 5. The van der Waals surface area contributed by atoms with E-state index in [1.54, 1.807) is 12.1 Å². The van der Waals surface area contributed by atoms with Gasteiger partial charge in [0.1, 0.15) is 5.82 Å². The number of nitrogens with one attached hydrogen (secondary N) is 2. The second-order valence-corrected chi connectivity index (χ2v) is 10.2. The number of benzene rings is 3. The van der Waals surface area contributed by atoms with Crippen LogP contribution >= 0.6 is 0 Å². The first kappa shape index (κ1) is 24.8. The minimum atomic E-state index is -3.84. The van der Waals surface area contributed by atoms with E-state index in [1.807, 2.05) is 6.07 Å². The van der Waals surface area contributed by atoms with E-state index in [-0.39, 0.29) is 10.8 Å². The molecule has 3 aromatic rings. The van der Waals surface area contributed by atoms with Crippen molar-refractivity contribution < 1.29 is 17.6 Å². The minimum Gasteiger partial charge on any atom is -0.351 e. The van der Waals surface area contributed by atoms with Crippen molar-refractivity contribution in [2.75, 3.05) is 44.0 Å². The fraction of sp³-hybridized carbons (Fsp3) is 0.269. The van der Waals surface area contributed by atoms with Crippen LogP contribution in [0.5, 0.6) is 0 Å². The van der Waals surface area contributed by atoms with Crippen LogP contribution in [0, 0.1) is 5.82 Å². The fourth-order valence-corrected chi connectivity index (χ4v) is 5.02. The molecular weight excluding hydrogens is 467 g/mol. The summed E-state index contributed by atoms with van der Waals surface area (Å²) in [4.78, 5) is 17.2. The van der Waals surface area contributed by atoms with Gasteiger partial charge in [-0.15, -0.1) is 0 Å². The second kappa shape index (κ2) is 11.4. The summed E-state index contributed by atoms with van der Waals surface area (Å²) >= 11 is 0. The molecule has 4 rings (SSSR count). The molecule has 7 nitrogen and oxygen atoms in total. The second-order valence-electron chi connectivity index (χ2n) is 8.50. The smallest absolute Gasteiger partial charge is 0.261 e. The molecule has 1 heterocycles. The summed E-state index contributed by atoms with van der Waals surface area (Å²) in [6, 6.07) is 21.2. The number of halogens is 1. The Morgan fingerprint density at radius 2 is 1.46 bits per heavy atom. The first-order chi connectivity index (χ1) is 16.9. The molecule has 9 heteroatoms. The van der Waals surface area contributed by atoms with Crippen molar-refractivity contribution >= 4 is 21.6 Å². The number of nitrogens with zero attached hydrogens (tertiary/aromatic N) is 2. The highest BCUT2D eigenvalue weighted by atomic mass is 32.2. The van der Waals surface area contributed by atoms with E-state index < -0.39 is 15.8 Å². The molecule has 0 radical (unpaired) electrons. The van der Waals surface area contributed by atoms with E-state index in [9.17, 15) is 17.6 Å². The zero-order valence-electron chi connectivity index (χ0n) is 19.4. The monoisotopic (exact) mass is 496 g/mol. The Morgan fingerprint density at radius 3 is 2.11 bits per heavy atom. The van der Waals surface area contributed by atoms with Gasteiger partial charge in [-0.3, -0.25) is 19.3 Å². The van der Waals surface area contributed by atoms with E-state index in [2.05, 4.69) is 44.1 Å². The lowest BCUT2D eigenvalue weighted by atomic mass is 10.2. The fourth-order valence-electron chi connectivity index (χ4n) is 3.96. The first-order valence-electron chi connectivity index (χ1n) is 11.5. The summed E-state index contributed by atoms with van der Waals surface area (Å²) in [6.45, 7) is 6.20. The zero-order chi connectivity index (χ0) is 24.7. The van der Waals surface area contributed by atoms with Crippen LogP contribution in [0.25, 0.3) is 0 Å². The molecule has 0 spiro atoms. The maximum atomic E-state index is 13.0. The van der Waals surface area contributed by atoms with Crippen LogP contribution in [0.15, 0.2) is 83.8 Å². The Kier molecular flexibility index (Phi) is 8.12.